The number of nitrogens with zero attached hydrogens (tertiary/aromatic N) is 2. The summed E-state index contributed by atoms with van der Waals surface area (Å²) in [6.45, 7) is -0.190. The Morgan fingerprint density at radius 2 is 1.83 bits per heavy atom. The van der Waals surface area contributed by atoms with E-state index in [4.69, 9.17) is 22.1 Å². The van der Waals surface area contributed by atoms with Gasteiger partial charge in [0.25, 0.3) is 0 Å². The first-order chi connectivity index (χ1) is 11.4. The average Bonchev–Trinajstić information content (AvgIpc) is 2.57. The van der Waals surface area contributed by atoms with Crippen molar-refractivity contribution < 1.29 is 25.2 Å². The van der Waals surface area contributed by atoms with Gasteiger partial charge >= 0.3 is 0 Å². The number of azo groups is 1. The normalized spacial score (nSPS) is 30.5. The molecule has 10 heteroatoms. The fraction of sp³-hybridized carbons (Fsp3) is 0.500. The molecule has 1 fully saturated rings. The van der Waals surface area contributed by atoms with Crippen LogP contribution in [0.4, 0.5) is 0 Å². The van der Waals surface area contributed by atoms with Crippen molar-refractivity contribution in [3.05, 3.63) is 34.3 Å². The van der Waals surface area contributed by atoms with Crippen LogP contribution < -0.4 is 5.32 Å². The molecule has 0 amide bonds. The van der Waals surface area contributed by atoms with Gasteiger partial charge in [-0.3, -0.25) is 0 Å². The standard InChI is InChI=1S/C14H18BrN3O5S/c15-8-3-1-7(2-4-8)5-16-18-14(24)17-13-12(22)11(21)10(20)9(6-19)23-13/h1-4,9-13,19-22H,5-6H2,(H,17,24)/t9-,10-,11+,12-,13-/m1/s1. The van der Waals surface area contributed by atoms with Gasteiger partial charge in [0.2, 0.25) is 5.11 Å². The molecule has 2 rings (SSSR count). The topological polar surface area (TPSA) is 127 Å². The van der Waals surface area contributed by atoms with Gasteiger partial charge in [-0.25, -0.2) is 0 Å². The molecule has 0 radical (unpaired) electrons. The minimum Gasteiger partial charge on any atom is -0.394 e. The molecule has 1 saturated heterocycles. The number of aliphatic hydroxyl groups is 4. The summed E-state index contributed by atoms with van der Waals surface area (Å²) in [5, 5.41) is 48.7. The number of thiocarbonyl (C=S) groups is 1. The van der Waals surface area contributed by atoms with Crippen molar-refractivity contribution in [2.45, 2.75) is 37.2 Å². The molecule has 1 aromatic rings. The van der Waals surface area contributed by atoms with Crippen LogP contribution in [-0.2, 0) is 11.3 Å². The minimum absolute atomic E-state index is 0.0450. The molecule has 0 spiro atoms. The maximum Gasteiger partial charge on any atom is 0.215 e. The van der Waals surface area contributed by atoms with Crippen LogP contribution in [0.1, 0.15) is 5.56 Å². The van der Waals surface area contributed by atoms with E-state index in [9.17, 15) is 15.3 Å². The zero-order valence-electron chi connectivity index (χ0n) is 12.5. The van der Waals surface area contributed by atoms with Gasteiger partial charge in [-0.2, -0.15) is 5.11 Å². The van der Waals surface area contributed by atoms with Crippen LogP contribution in [0.15, 0.2) is 39.0 Å². The first kappa shape index (κ1) is 19.3. The average molecular weight is 420 g/mol. The van der Waals surface area contributed by atoms with Crippen molar-refractivity contribution in [2.75, 3.05) is 6.61 Å². The van der Waals surface area contributed by atoms with E-state index in [1.807, 2.05) is 24.3 Å². The zero-order chi connectivity index (χ0) is 17.7. The molecule has 0 aliphatic carbocycles. The van der Waals surface area contributed by atoms with Crippen LogP contribution in [0.2, 0.25) is 0 Å². The third-order valence-electron chi connectivity index (χ3n) is 3.49. The lowest BCUT2D eigenvalue weighted by Crippen LogP contribution is -2.62. The number of benzene rings is 1. The Balaban J connectivity index is 1.88. The summed E-state index contributed by atoms with van der Waals surface area (Å²) in [5.41, 5.74) is 0.942. The van der Waals surface area contributed by atoms with Gasteiger partial charge in [-0.1, -0.05) is 28.1 Å². The third kappa shape index (κ3) is 4.99. The molecular weight excluding hydrogens is 402 g/mol. The molecule has 0 aromatic heterocycles. The fourth-order valence-corrected chi connectivity index (χ4v) is 2.58. The van der Waals surface area contributed by atoms with Crippen LogP contribution >= 0.6 is 28.1 Å². The monoisotopic (exact) mass is 419 g/mol. The molecule has 1 aromatic carbocycles. The second-order valence-corrected chi connectivity index (χ2v) is 6.53. The molecule has 1 aliphatic heterocycles. The van der Waals surface area contributed by atoms with Crippen molar-refractivity contribution in [2.24, 2.45) is 10.2 Å². The van der Waals surface area contributed by atoms with Gasteiger partial charge in [-0.05, 0) is 29.9 Å². The van der Waals surface area contributed by atoms with Gasteiger partial charge in [0, 0.05) is 4.47 Å². The second kappa shape index (κ2) is 8.90. The van der Waals surface area contributed by atoms with Crippen LogP contribution in [0.25, 0.3) is 0 Å². The Hall–Kier alpha value is -1.01. The van der Waals surface area contributed by atoms with E-state index in [2.05, 4.69) is 31.5 Å². The minimum atomic E-state index is -1.48. The lowest BCUT2D eigenvalue weighted by Gasteiger charge is -2.40. The maximum absolute atomic E-state index is 9.88. The molecule has 5 atom stereocenters. The molecule has 0 saturated carbocycles. The van der Waals surface area contributed by atoms with Crippen LogP contribution in [0.3, 0.4) is 0 Å². The predicted molar refractivity (Wildman–Crippen MR) is 92.2 cm³/mol. The number of hydrogen-bond donors (Lipinski definition) is 5. The Morgan fingerprint density at radius 3 is 2.46 bits per heavy atom. The Morgan fingerprint density at radius 1 is 1.17 bits per heavy atom. The lowest BCUT2D eigenvalue weighted by molar-refractivity contribution is -0.232. The Kier molecular flexibility index (Phi) is 7.16. The molecule has 0 unspecified atom stereocenters. The molecule has 1 aliphatic rings. The summed E-state index contributed by atoms with van der Waals surface area (Å²) in [4.78, 5) is 0. The first-order valence-electron chi connectivity index (χ1n) is 7.15. The van der Waals surface area contributed by atoms with Gasteiger partial charge in [0.05, 0.1) is 13.2 Å². The Bertz CT molecular complexity index is 586. The Labute approximate surface area is 152 Å². The summed E-state index contributed by atoms with van der Waals surface area (Å²) < 4.78 is 6.22. The van der Waals surface area contributed by atoms with Gasteiger partial charge in [0.1, 0.15) is 24.4 Å². The number of halogens is 1. The zero-order valence-corrected chi connectivity index (χ0v) is 14.9. The molecule has 1 heterocycles. The molecule has 132 valence electrons. The van der Waals surface area contributed by atoms with Crippen LogP contribution in [0, 0.1) is 0 Å². The van der Waals surface area contributed by atoms with Crippen molar-refractivity contribution in [1.82, 2.24) is 5.32 Å². The van der Waals surface area contributed by atoms with E-state index in [-0.39, 0.29) is 5.11 Å². The number of nitrogens with one attached hydrogen (secondary N) is 1. The van der Waals surface area contributed by atoms with E-state index in [1.165, 1.54) is 0 Å². The second-order valence-electron chi connectivity index (χ2n) is 5.22. The number of hydrogen-bond acceptors (Lipinski definition) is 7. The van der Waals surface area contributed by atoms with Crippen LogP contribution in [-0.4, -0.2) is 62.8 Å². The SMILES string of the molecule is OC[C@H]1O[C@@H](NC(=S)N=NCc2ccc(Br)cc2)[C@H](O)[C@@H](O)[C@@H]1O. The molecule has 5 N–H and O–H groups in total. The summed E-state index contributed by atoms with van der Waals surface area (Å²) in [7, 11) is 0. The third-order valence-corrected chi connectivity index (χ3v) is 4.21. The summed E-state index contributed by atoms with van der Waals surface area (Å²) in [6, 6.07) is 7.54. The first-order valence-corrected chi connectivity index (χ1v) is 8.35. The van der Waals surface area contributed by atoms with E-state index in [1.54, 1.807) is 0 Å². The number of ether oxygens (including phenoxy) is 1. The molecule has 0 bridgehead atoms. The van der Waals surface area contributed by atoms with Gasteiger partial charge in [0.15, 0.2) is 6.23 Å². The smallest absolute Gasteiger partial charge is 0.215 e. The molecule has 24 heavy (non-hydrogen) atoms. The highest BCUT2D eigenvalue weighted by Gasteiger charge is 2.43. The fourth-order valence-electron chi connectivity index (χ4n) is 2.14. The highest BCUT2D eigenvalue weighted by atomic mass is 79.9. The van der Waals surface area contributed by atoms with Crippen molar-refractivity contribution >= 4 is 33.3 Å². The van der Waals surface area contributed by atoms with Crippen LogP contribution in [0.5, 0.6) is 0 Å². The number of aliphatic hydroxyl groups excluding tert-OH is 4. The quantitative estimate of drug-likeness (QED) is 0.345. The largest absolute Gasteiger partial charge is 0.394 e. The molecular formula is C14H18BrN3O5S. The summed E-state index contributed by atoms with van der Waals surface area (Å²) >= 11 is 8.33. The predicted octanol–water partition coefficient (Wildman–Crippen LogP) is 0.0757. The number of rotatable bonds is 4. The van der Waals surface area contributed by atoms with E-state index in [0.29, 0.717) is 6.54 Å². The maximum atomic E-state index is 9.88. The lowest BCUT2D eigenvalue weighted by atomic mass is 9.98. The van der Waals surface area contributed by atoms with Gasteiger partial charge in [-0.15, -0.1) is 5.11 Å². The van der Waals surface area contributed by atoms with E-state index >= 15 is 0 Å². The molecule has 8 nitrogen and oxygen atoms in total. The van der Waals surface area contributed by atoms with Crippen molar-refractivity contribution in [3.63, 3.8) is 0 Å². The van der Waals surface area contributed by atoms with Gasteiger partial charge < -0.3 is 30.5 Å². The summed E-state index contributed by atoms with van der Waals surface area (Å²) in [6.07, 6.45) is -6.45. The summed E-state index contributed by atoms with van der Waals surface area (Å²) in [5.74, 6) is 0. The van der Waals surface area contributed by atoms with E-state index in [0.717, 1.165) is 10.0 Å². The van der Waals surface area contributed by atoms with E-state index < -0.39 is 37.3 Å². The highest BCUT2D eigenvalue weighted by molar-refractivity contribution is 9.10. The van der Waals surface area contributed by atoms with Crippen molar-refractivity contribution in [1.29, 1.82) is 0 Å². The highest BCUT2D eigenvalue weighted by Crippen LogP contribution is 2.19. The van der Waals surface area contributed by atoms with Crippen molar-refractivity contribution in [3.8, 4) is 0 Å².